The maximum absolute atomic E-state index is 8.63. The monoisotopic (exact) mass is 280 g/mol. The number of hydrogen-bond acceptors (Lipinski definition) is 4. The van der Waals surface area contributed by atoms with E-state index >= 15 is 0 Å². The highest BCUT2D eigenvalue weighted by Gasteiger charge is 2.03. The molecule has 20 heavy (non-hydrogen) atoms. The zero-order valence-corrected chi connectivity index (χ0v) is 12.3. The number of hydrogen-bond donors (Lipinski definition) is 2. The van der Waals surface area contributed by atoms with E-state index in [2.05, 4.69) is 12.1 Å². The summed E-state index contributed by atoms with van der Waals surface area (Å²) in [6, 6.07) is 5.63. The smallest absolute Gasteiger partial charge is 0.170 e. The van der Waals surface area contributed by atoms with Gasteiger partial charge in [0.15, 0.2) is 5.84 Å². The van der Waals surface area contributed by atoms with Crippen molar-refractivity contribution in [3.05, 3.63) is 34.9 Å². The van der Waals surface area contributed by atoms with E-state index < -0.39 is 0 Å². The van der Waals surface area contributed by atoms with Gasteiger partial charge >= 0.3 is 0 Å². The fourth-order valence-corrected chi connectivity index (χ4v) is 1.72. The Morgan fingerprint density at radius 2 is 2.00 bits per heavy atom. The summed E-state index contributed by atoms with van der Waals surface area (Å²) >= 11 is 0. The van der Waals surface area contributed by atoms with E-state index in [1.54, 1.807) is 0 Å². The van der Waals surface area contributed by atoms with Gasteiger partial charge in [-0.1, -0.05) is 30.6 Å². The van der Waals surface area contributed by atoms with Gasteiger partial charge in [-0.05, 0) is 30.5 Å². The van der Waals surface area contributed by atoms with Crippen molar-refractivity contribution < 1.29 is 14.7 Å². The molecule has 0 saturated heterocycles. The number of oxime groups is 1. The van der Waals surface area contributed by atoms with Gasteiger partial charge in [-0.15, -0.1) is 0 Å². The topological polar surface area (TPSA) is 77.1 Å². The van der Waals surface area contributed by atoms with Crippen LogP contribution in [0.1, 0.15) is 36.5 Å². The zero-order valence-electron chi connectivity index (χ0n) is 12.3. The van der Waals surface area contributed by atoms with Crippen molar-refractivity contribution in [2.75, 3.05) is 19.8 Å². The molecule has 1 rings (SSSR count). The van der Waals surface area contributed by atoms with Gasteiger partial charge in [0, 0.05) is 12.2 Å². The van der Waals surface area contributed by atoms with Crippen molar-refractivity contribution in [2.45, 2.75) is 33.3 Å². The minimum atomic E-state index is 0.116. The number of amidine groups is 1. The number of nitrogens with two attached hydrogens (primary N) is 1. The summed E-state index contributed by atoms with van der Waals surface area (Å²) in [6.07, 6.45) is 2.24. The molecule has 1 aromatic carbocycles. The van der Waals surface area contributed by atoms with E-state index in [-0.39, 0.29) is 5.84 Å². The van der Waals surface area contributed by atoms with Crippen molar-refractivity contribution >= 4 is 5.84 Å². The van der Waals surface area contributed by atoms with Crippen LogP contribution in [0.4, 0.5) is 0 Å². The largest absolute Gasteiger partial charge is 0.409 e. The Balaban J connectivity index is 2.34. The van der Waals surface area contributed by atoms with Crippen LogP contribution in [0.25, 0.3) is 0 Å². The van der Waals surface area contributed by atoms with Crippen LogP contribution in [0.5, 0.6) is 0 Å². The van der Waals surface area contributed by atoms with Crippen LogP contribution in [0.3, 0.4) is 0 Å². The second kappa shape index (κ2) is 9.34. The number of nitrogens with zero attached hydrogens (tertiary/aromatic N) is 1. The van der Waals surface area contributed by atoms with Crippen LogP contribution in [0.2, 0.25) is 0 Å². The van der Waals surface area contributed by atoms with Crippen LogP contribution < -0.4 is 5.73 Å². The van der Waals surface area contributed by atoms with Crippen molar-refractivity contribution in [3.8, 4) is 0 Å². The fourth-order valence-electron chi connectivity index (χ4n) is 1.72. The van der Waals surface area contributed by atoms with E-state index in [0.717, 1.165) is 30.6 Å². The lowest BCUT2D eigenvalue weighted by Gasteiger charge is -2.09. The SMILES string of the molecule is CCCCOCCOCc1ccc(/C(N)=N/O)cc1C. The molecule has 0 aliphatic carbocycles. The minimum absolute atomic E-state index is 0.116. The Bertz CT molecular complexity index is 433. The molecule has 0 saturated carbocycles. The molecule has 0 heterocycles. The van der Waals surface area contributed by atoms with Crippen molar-refractivity contribution in [1.82, 2.24) is 0 Å². The maximum atomic E-state index is 8.63. The van der Waals surface area contributed by atoms with E-state index in [1.807, 2.05) is 25.1 Å². The molecule has 0 aliphatic rings. The van der Waals surface area contributed by atoms with Crippen molar-refractivity contribution in [3.63, 3.8) is 0 Å². The molecule has 3 N–H and O–H groups in total. The molecule has 0 amide bonds. The summed E-state index contributed by atoms with van der Waals surface area (Å²) in [7, 11) is 0. The van der Waals surface area contributed by atoms with Crippen LogP contribution in [0.15, 0.2) is 23.4 Å². The summed E-state index contributed by atoms with van der Waals surface area (Å²) in [5, 5.41) is 11.6. The van der Waals surface area contributed by atoms with Gasteiger partial charge in [-0.2, -0.15) is 0 Å². The minimum Gasteiger partial charge on any atom is -0.409 e. The Kier molecular flexibility index (Phi) is 7.69. The highest BCUT2D eigenvalue weighted by Crippen LogP contribution is 2.12. The molecule has 0 atom stereocenters. The first-order chi connectivity index (χ1) is 9.69. The Labute approximate surface area is 120 Å². The number of ether oxygens (including phenoxy) is 2. The zero-order chi connectivity index (χ0) is 14.8. The average Bonchev–Trinajstić information content (AvgIpc) is 2.46. The third-order valence-corrected chi connectivity index (χ3v) is 3.02. The fraction of sp³-hybridized carbons (Fsp3) is 0.533. The summed E-state index contributed by atoms with van der Waals surface area (Å²) in [6.45, 7) is 6.67. The van der Waals surface area contributed by atoms with E-state index in [1.165, 1.54) is 0 Å². The molecule has 0 aliphatic heterocycles. The van der Waals surface area contributed by atoms with E-state index in [9.17, 15) is 0 Å². The second-order valence-electron chi connectivity index (χ2n) is 4.65. The molecule has 0 radical (unpaired) electrons. The van der Waals surface area contributed by atoms with Crippen LogP contribution in [-0.4, -0.2) is 30.9 Å². The van der Waals surface area contributed by atoms with Crippen molar-refractivity contribution in [2.24, 2.45) is 10.9 Å². The predicted molar refractivity (Wildman–Crippen MR) is 79.1 cm³/mol. The maximum Gasteiger partial charge on any atom is 0.170 e. The van der Waals surface area contributed by atoms with E-state index in [4.69, 9.17) is 20.4 Å². The van der Waals surface area contributed by atoms with Gasteiger partial charge in [-0.25, -0.2) is 0 Å². The van der Waals surface area contributed by atoms with Gasteiger partial charge < -0.3 is 20.4 Å². The van der Waals surface area contributed by atoms with Crippen molar-refractivity contribution in [1.29, 1.82) is 0 Å². The number of benzene rings is 1. The summed E-state index contributed by atoms with van der Waals surface area (Å²) in [4.78, 5) is 0. The van der Waals surface area contributed by atoms with E-state index in [0.29, 0.717) is 25.4 Å². The first-order valence-electron chi connectivity index (χ1n) is 6.92. The molecule has 0 fully saturated rings. The summed E-state index contributed by atoms with van der Waals surface area (Å²) in [5.74, 6) is 0.116. The molecular formula is C15H24N2O3. The molecule has 0 aromatic heterocycles. The predicted octanol–water partition coefficient (Wildman–Crippen LogP) is 2.42. The van der Waals surface area contributed by atoms with Gasteiger partial charge in [0.25, 0.3) is 0 Å². The van der Waals surface area contributed by atoms with Crippen LogP contribution in [-0.2, 0) is 16.1 Å². The lowest BCUT2D eigenvalue weighted by molar-refractivity contribution is 0.0395. The average molecular weight is 280 g/mol. The first kappa shape index (κ1) is 16.5. The lowest BCUT2D eigenvalue weighted by atomic mass is 10.1. The van der Waals surface area contributed by atoms with Gasteiger partial charge in [0.2, 0.25) is 0 Å². The molecule has 5 heteroatoms. The van der Waals surface area contributed by atoms with Crippen LogP contribution in [0, 0.1) is 6.92 Å². The highest BCUT2D eigenvalue weighted by atomic mass is 16.5. The molecule has 0 unspecified atom stereocenters. The molecular weight excluding hydrogens is 256 g/mol. The number of rotatable bonds is 9. The lowest BCUT2D eigenvalue weighted by Crippen LogP contribution is -2.13. The summed E-state index contributed by atoms with van der Waals surface area (Å²) in [5.41, 5.74) is 8.40. The molecule has 112 valence electrons. The number of aryl methyl sites for hydroxylation is 1. The van der Waals surface area contributed by atoms with Crippen LogP contribution >= 0.6 is 0 Å². The summed E-state index contributed by atoms with van der Waals surface area (Å²) < 4.78 is 11.0. The molecule has 0 spiro atoms. The molecule has 1 aromatic rings. The normalized spacial score (nSPS) is 11.8. The quantitative estimate of drug-likeness (QED) is 0.239. The van der Waals surface area contributed by atoms with Gasteiger partial charge in [0.1, 0.15) is 0 Å². The Morgan fingerprint density at radius 1 is 1.25 bits per heavy atom. The number of unbranched alkanes of at least 4 members (excludes halogenated alkanes) is 1. The third-order valence-electron chi connectivity index (χ3n) is 3.02. The second-order valence-corrected chi connectivity index (χ2v) is 4.65. The molecule has 0 bridgehead atoms. The molecule has 5 nitrogen and oxygen atoms in total. The van der Waals surface area contributed by atoms with Gasteiger partial charge in [0.05, 0.1) is 19.8 Å². The van der Waals surface area contributed by atoms with Gasteiger partial charge in [-0.3, -0.25) is 0 Å². The highest BCUT2D eigenvalue weighted by molar-refractivity contribution is 5.97. The Morgan fingerprint density at radius 3 is 2.65 bits per heavy atom. The third kappa shape index (κ3) is 5.59. The Hall–Kier alpha value is -1.59. The first-order valence-corrected chi connectivity index (χ1v) is 6.92. The standard InChI is InChI=1S/C15H24N2O3/c1-3-4-7-19-8-9-20-11-14-6-5-13(10-12(14)2)15(16)17-18/h5-6,10,18H,3-4,7-9,11H2,1-2H3,(H2,16,17).